The molecule has 0 aliphatic heterocycles. The molecule has 2 nitrogen and oxygen atoms in total. The summed E-state index contributed by atoms with van der Waals surface area (Å²) in [6.45, 7) is 6.65. The van der Waals surface area contributed by atoms with E-state index in [2.05, 4.69) is 12.2 Å². The molecule has 2 aromatic rings. The average molecular weight is 296 g/mol. The Kier molecular flexibility index (Phi) is 4.84. The van der Waals surface area contributed by atoms with Gasteiger partial charge >= 0.3 is 0 Å². The van der Waals surface area contributed by atoms with Crippen LogP contribution in [0.4, 0.5) is 4.39 Å². The van der Waals surface area contributed by atoms with Gasteiger partial charge in [-0.1, -0.05) is 18.5 Å². The Hall–Kier alpha value is -1.32. The van der Waals surface area contributed by atoms with Crippen molar-refractivity contribution < 1.29 is 8.81 Å². The maximum atomic E-state index is 14.1. The van der Waals surface area contributed by atoms with Crippen LogP contribution in [0, 0.1) is 19.7 Å². The van der Waals surface area contributed by atoms with Crippen molar-refractivity contribution in [2.45, 2.75) is 33.2 Å². The van der Waals surface area contributed by atoms with E-state index < -0.39 is 0 Å². The molecule has 0 spiro atoms. The summed E-state index contributed by atoms with van der Waals surface area (Å²) >= 11 is 6.01. The number of hydrogen-bond acceptors (Lipinski definition) is 2. The summed E-state index contributed by atoms with van der Waals surface area (Å²) in [5.41, 5.74) is 1.51. The molecule has 0 aliphatic rings. The van der Waals surface area contributed by atoms with Crippen molar-refractivity contribution in [2.75, 3.05) is 6.54 Å². The van der Waals surface area contributed by atoms with E-state index in [0.717, 1.165) is 30.0 Å². The summed E-state index contributed by atoms with van der Waals surface area (Å²) in [5.74, 6) is 1.36. The summed E-state index contributed by atoms with van der Waals surface area (Å²) in [5, 5.41) is 3.90. The molecule has 1 heterocycles. The topological polar surface area (TPSA) is 25.2 Å². The zero-order valence-corrected chi connectivity index (χ0v) is 12.7. The third-order valence-electron chi connectivity index (χ3n) is 3.26. The van der Waals surface area contributed by atoms with Crippen LogP contribution in [0.5, 0.6) is 0 Å². The van der Waals surface area contributed by atoms with E-state index in [1.54, 1.807) is 12.1 Å². The fraction of sp³-hybridized carbons (Fsp3) is 0.375. The van der Waals surface area contributed by atoms with Gasteiger partial charge in [0.25, 0.3) is 0 Å². The first-order valence-electron chi connectivity index (χ1n) is 6.78. The molecular formula is C16H19ClFNO. The normalized spacial score (nSPS) is 12.7. The van der Waals surface area contributed by atoms with Crippen LogP contribution in [0.1, 0.15) is 42.0 Å². The van der Waals surface area contributed by atoms with Gasteiger partial charge in [-0.05, 0) is 51.1 Å². The van der Waals surface area contributed by atoms with Gasteiger partial charge in [-0.3, -0.25) is 0 Å². The van der Waals surface area contributed by atoms with E-state index in [0.29, 0.717) is 10.6 Å². The molecular weight excluding hydrogens is 277 g/mol. The van der Waals surface area contributed by atoms with Crippen molar-refractivity contribution in [3.05, 3.63) is 57.8 Å². The first kappa shape index (κ1) is 15.1. The molecule has 0 saturated heterocycles. The Morgan fingerprint density at radius 3 is 2.60 bits per heavy atom. The summed E-state index contributed by atoms with van der Waals surface area (Å²) in [4.78, 5) is 0. The van der Waals surface area contributed by atoms with Crippen LogP contribution in [0.15, 0.2) is 28.7 Å². The van der Waals surface area contributed by atoms with E-state index in [-0.39, 0.29) is 11.9 Å². The smallest absolute Gasteiger partial charge is 0.128 e. The number of halogens is 2. The van der Waals surface area contributed by atoms with E-state index in [4.69, 9.17) is 16.0 Å². The molecule has 0 bridgehead atoms. The molecule has 1 aromatic heterocycles. The second-order valence-electron chi connectivity index (χ2n) is 4.92. The number of nitrogens with one attached hydrogen (secondary N) is 1. The van der Waals surface area contributed by atoms with Gasteiger partial charge in [-0.2, -0.15) is 0 Å². The van der Waals surface area contributed by atoms with Crippen LogP contribution in [-0.2, 0) is 0 Å². The lowest BCUT2D eigenvalue weighted by atomic mass is 9.98. The molecule has 0 aliphatic carbocycles. The molecule has 1 atom stereocenters. The molecule has 1 N–H and O–H groups in total. The van der Waals surface area contributed by atoms with E-state index in [9.17, 15) is 4.39 Å². The summed E-state index contributed by atoms with van der Waals surface area (Å²) in [6, 6.07) is 6.34. The van der Waals surface area contributed by atoms with Gasteiger partial charge in [0.05, 0.1) is 6.04 Å². The largest absolute Gasteiger partial charge is 0.466 e. The summed E-state index contributed by atoms with van der Waals surface area (Å²) < 4.78 is 19.7. The molecule has 4 heteroatoms. The Bertz CT molecular complexity index is 594. The van der Waals surface area contributed by atoms with Gasteiger partial charge in [0.1, 0.15) is 17.3 Å². The Morgan fingerprint density at radius 2 is 2.00 bits per heavy atom. The second kappa shape index (κ2) is 6.42. The number of hydrogen-bond donors (Lipinski definition) is 1. The Labute approximate surface area is 123 Å². The van der Waals surface area contributed by atoms with Gasteiger partial charge in [-0.25, -0.2) is 4.39 Å². The number of aryl methyl sites for hydroxylation is 2. The predicted octanol–water partition coefficient (Wildman–Crippen LogP) is 4.78. The van der Waals surface area contributed by atoms with E-state index in [1.807, 2.05) is 19.9 Å². The fourth-order valence-corrected chi connectivity index (χ4v) is 2.53. The van der Waals surface area contributed by atoms with Crippen LogP contribution in [0.3, 0.4) is 0 Å². The van der Waals surface area contributed by atoms with E-state index >= 15 is 0 Å². The van der Waals surface area contributed by atoms with Gasteiger partial charge in [0, 0.05) is 16.1 Å². The third-order valence-corrected chi connectivity index (χ3v) is 3.49. The van der Waals surface area contributed by atoms with Crippen LogP contribution < -0.4 is 5.32 Å². The van der Waals surface area contributed by atoms with Crippen molar-refractivity contribution in [1.82, 2.24) is 5.32 Å². The Morgan fingerprint density at radius 1 is 1.25 bits per heavy atom. The predicted molar refractivity (Wildman–Crippen MR) is 79.7 cm³/mol. The lowest BCUT2D eigenvalue weighted by molar-refractivity contribution is 0.490. The molecule has 0 radical (unpaired) electrons. The zero-order chi connectivity index (χ0) is 14.7. The number of rotatable bonds is 5. The first-order valence-corrected chi connectivity index (χ1v) is 7.16. The molecule has 2 rings (SSSR count). The van der Waals surface area contributed by atoms with Gasteiger partial charge in [0.15, 0.2) is 0 Å². The first-order chi connectivity index (χ1) is 9.52. The Balaban J connectivity index is 2.46. The quantitative estimate of drug-likeness (QED) is 0.859. The molecule has 20 heavy (non-hydrogen) atoms. The van der Waals surface area contributed by atoms with Crippen LogP contribution >= 0.6 is 11.6 Å². The molecule has 108 valence electrons. The third kappa shape index (κ3) is 3.22. The number of benzene rings is 1. The van der Waals surface area contributed by atoms with Gasteiger partial charge < -0.3 is 9.73 Å². The lowest BCUT2D eigenvalue weighted by Crippen LogP contribution is -2.24. The molecule has 0 amide bonds. The maximum absolute atomic E-state index is 14.1. The summed E-state index contributed by atoms with van der Waals surface area (Å²) in [6.07, 6.45) is 0.967. The standard InChI is InChI=1S/C16H19ClFNO/c1-4-7-19-16(13-8-10(2)20-11(13)3)14-9-12(17)5-6-15(14)18/h5-6,8-9,16,19H,4,7H2,1-3H3. The second-order valence-corrected chi connectivity index (χ2v) is 5.36. The maximum Gasteiger partial charge on any atom is 0.128 e. The highest BCUT2D eigenvalue weighted by molar-refractivity contribution is 6.30. The highest BCUT2D eigenvalue weighted by Crippen LogP contribution is 2.30. The van der Waals surface area contributed by atoms with Crippen molar-refractivity contribution in [1.29, 1.82) is 0 Å². The monoisotopic (exact) mass is 295 g/mol. The van der Waals surface area contributed by atoms with Gasteiger partial charge in [0.2, 0.25) is 0 Å². The van der Waals surface area contributed by atoms with Crippen molar-refractivity contribution in [2.24, 2.45) is 0 Å². The highest BCUT2D eigenvalue weighted by Gasteiger charge is 2.21. The minimum atomic E-state index is -0.263. The van der Waals surface area contributed by atoms with Crippen LogP contribution in [0.2, 0.25) is 5.02 Å². The summed E-state index contributed by atoms with van der Waals surface area (Å²) in [7, 11) is 0. The minimum absolute atomic E-state index is 0.244. The number of furan rings is 1. The average Bonchev–Trinajstić information content (AvgIpc) is 2.73. The molecule has 0 fully saturated rings. The van der Waals surface area contributed by atoms with Crippen molar-refractivity contribution in [3.63, 3.8) is 0 Å². The SMILES string of the molecule is CCCNC(c1cc(Cl)ccc1F)c1cc(C)oc1C. The lowest BCUT2D eigenvalue weighted by Gasteiger charge is -2.19. The molecule has 0 saturated carbocycles. The highest BCUT2D eigenvalue weighted by atomic mass is 35.5. The van der Waals surface area contributed by atoms with Gasteiger partial charge in [-0.15, -0.1) is 0 Å². The zero-order valence-electron chi connectivity index (χ0n) is 12.0. The molecule has 1 unspecified atom stereocenters. The van der Waals surface area contributed by atoms with Crippen LogP contribution in [0.25, 0.3) is 0 Å². The fourth-order valence-electron chi connectivity index (χ4n) is 2.35. The van der Waals surface area contributed by atoms with Crippen molar-refractivity contribution >= 4 is 11.6 Å². The minimum Gasteiger partial charge on any atom is -0.466 e. The van der Waals surface area contributed by atoms with Crippen molar-refractivity contribution in [3.8, 4) is 0 Å². The van der Waals surface area contributed by atoms with Crippen LogP contribution in [-0.4, -0.2) is 6.54 Å². The molecule has 1 aromatic carbocycles. The van der Waals surface area contributed by atoms with E-state index in [1.165, 1.54) is 6.07 Å².